The predicted molar refractivity (Wildman–Crippen MR) is 74.7 cm³/mol. The molecule has 3 nitrogen and oxygen atoms in total. The first-order chi connectivity index (χ1) is 8.84. The fourth-order valence-electron chi connectivity index (χ4n) is 2.66. The molecule has 3 heteroatoms. The Labute approximate surface area is 107 Å². The number of hydrogen-bond donors (Lipinski definition) is 1. The summed E-state index contributed by atoms with van der Waals surface area (Å²) in [6.07, 6.45) is 4.72. The topological polar surface area (TPSA) is 42.1 Å². The minimum Gasteiger partial charge on any atom is -0.396 e. The van der Waals surface area contributed by atoms with Gasteiger partial charge in [-0.1, -0.05) is 30.3 Å². The molecule has 0 radical (unpaired) electrons. The number of hydrogen-bond acceptors (Lipinski definition) is 3. The van der Waals surface area contributed by atoms with E-state index in [4.69, 9.17) is 5.73 Å². The van der Waals surface area contributed by atoms with E-state index in [1.807, 2.05) is 12.3 Å². The highest BCUT2D eigenvalue weighted by Crippen LogP contribution is 2.32. The maximum Gasteiger partial charge on any atom is 0.0738 e. The van der Waals surface area contributed by atoms with E-state index in [-0.39, 0.29) is 0 Å². The third kappa shape index (κ3) is 2.04. The Kier molecular flexibility index (Phi) is 2.89. The van der Waals surface area contributed by atoms with Gasteiger partial charge in [0.05, 0.1) is 17.6 Å². The summed E-state index contributed by atoms with van der Waals surface area (Å²) in [6.45, 7) is 2.10. The van der Waals surface area contributed by atoms with Gasteiger partial charge in [-0.3, -0.25) is 4.98 Å². The summed E-state index contributed by atoms with van der Waals surface area (Å²) >= 11 is 0. The van der Waals surface area contributed by atoms with Gasteiger partial charge in [-0.2, -0.15) is 0 Å². The molecule has 2 N–H and O–H groups in total. The third-order valence-electron chi connectivity index (χ3n) is 3.63. The molecular formula is C15H17N3. The molecule has 0 aliphatic carbocycles. The molecule has 18 heavy (non-hydrogen) atoms. The SMILES string of the molecule is Nc1cnccc1N1CCC(c2ccccc2)C1. The van der Waals surface area contributed by atoms with Crippen LogP contribution in [0.5, 0.6) is 0 Å². The molecule has 1 aliphatic heterocycles. The molecule has 0 saturated carbocycles. The summed E-state index contributed by atoms with van der Waals surface area (Å²) in [5.41, 5.74) is 9.29. The van der Waals surface area contributed by atoms with Crippen LogP contribution in [0.25, 0.3) is 0 Å². The van der Waals surface area contributed by atoms with Crippen molar-refractivity contribution >= 4 is 11.4 Å². The van der Waals surface area contributed by atoms with Gasteiger partial charge in [-0.05, 0) is 18.1 Å². The maximum absolute atomic E-state index is 5.98. The van der Waals surface area contributed by atoms with Crippen molar-refractivity contribution in [3.8, 4) is 0 Å². The van der Waals surface area contributed by atoms with Gasteiger partial charge in [0.25, 0.3) is 0 Å². The number of rotatable bonds is 2. The number of nitrogen functional groups attached to an aromatic ring is 1. The molecule has 1 aromatic heterocycles. The third-order valence-corrected chi connectivity index (χ3v) is 3.63. The number of benzene rings is 1. The lowest BCUT2D eigenvalue weighted by molar-refractivity contribution is 0.775. The fraction of sp³-hybridized carbons (Fsp3) is 0.267. The van der Waals surface area contributed by atoms with Crippen molar-refractivity contribution in [2.45, 2.75) is 12.3 Å². The molecule has 1 aromatic carbocycles. The molecule has 1 saturated heterocycles. The Bertz CT molecular complexity index is 524. The number of nitrogens with two attached hydrogens (primary N) is 1. The zero-order valence-electron chi connectivity index (χ0n) is 10.3. The van der Waals surface area contributed by atoms with Crippen LogP contribution in [0, 0.1) is 0 Å². The van der Waals surface area contributed by atoms with E-state index in [2.05, 4.69) is 40.2 Å². The van der Waals surface area contributed by atoms with E-state index in [0.29, 0.717) is 5.92 Å². The van der Waals surface area contributed by atoms with Crippen LogP contribution in [-0.4, -0.2) is 18.1 Å². The van der Waals surface area contributed by atoms with Crippen molar-refractivity contribution in [3.63, 3.8) is 0 Å². The molecule has 1 unspecified atom stereocenters. The molecule has 0 spiro atoms. The molecule has 1 atom stereocenters. The van der Waals surface area contributed by atoms with Gasteiger partial charge in [0.1, 0.15) is 0 Å². The van der Waals surface area contributed by atoms with E-state index in [1.165, 1.54) is 12.0 Å². The van der Waals surface area contributed by atoms with Gasteiger partial charge < -0.3 is 10.6 Å². The number of aromatic nitrogens is 1. The summed E-state index contributed by atoms with van der Waals surface area (Å²) in [5, 5.41) is 0. The molecule has 3 rings (SSSR count). The lowest BCUT2D eigenvalue weighted by Gasteiger charge is -2.20. The Morgan fingerprint density at radius 1 is 1.17 bits per heavy atom. The van der Waals surface area contributed by atoms with Crippen LogP contribution in [0.15, 0.2) is 48.8 Å². The molecule has 0 amide bonds. The second-order valence-electron chi connectivity index (χ2n) is 4.78. The summed E-state index contributed by atoms with van der Waals surface area (Å²) in [4.78, 5) is 6.40. The smallest absolute Gasteiger partial charge is 0.0738 e. The van der Waals surface area contributed by atoms with Crippen LogP contribution in [0.1, 0.15) is 17.9 Å². The number of nitrogens with zero attached hydrogens (tertiary/aromatic N) is 2. The number of anilines is 2. The summed E-state index contributed by atoms with van der Waals surface area (Å²) in [7, 11) is 0. The Morgan fingerprint density at radius 2 is 2.00 bits per heavy atom. The fourth-order valence-corrected chi connectivity index (χ4v) is 2.66. The van der Waals surface area contributed by atoms with Gasteiger partial charge in [0.15, 0.2) is 0 Å². The van der Waals surface area contributed by atoms with Gasteiger partial charge in [-0.25, -0.2) is 0 Å². The second kappa shape index (κ2) is 4.69. The highest BCUT2D eigenvalue weighted by atomic mass is 15.2. The van der Waals surface area contributed by atoms with Crippen LogP contribution >= 0.6 is 0 Å². The average molecular weight is 239 g/mol. The zero-order valence-corrected chi connectivity index (χ0v) is 10.3. The largest absolute Gasteiger partial charge is 0.396 e. The summed E-state index contributed by atoms with van der Waals surface area (Å²) in [6, 6.07) is 12.7. The molecule has 1 aliphatic rings. The molecular weight excluding hydrogens is 222 g/mol. The van der Waals surface area contributed by atoms with Gasteiger partial charge in [0.2, 0.25) is 0 Å². The Balaban J connectivity index is 1.78. The van der Waals surface area contributed by atoms with E-state index in [1.54, 1.807) is 6.20 Å². The van der Waals surface area contributed by atoms with E-state index in [9.17, 15) is 0 Å². The number of pyridine rings is 1. The molecule has 2 heterocycles. The van der Waals surface area contributed by atoms with E-state index < -0.39 is 0 Å². The summed E-state index contributed by atoms with van der Waals surface area (Å²) in [5.74, 6) is 0.610. The normalized spacial score (nSPS) is 19.1. The highest BCUT2D eigenvalue weighted by Gasteiger charge is 2.24. The first-order valence-electron chi connectivity index (χ1n) is 6.34. The van der Waals surface area contributed by atoms with Crippen LogP contribution < -0.4 is 10.6 Å². The highest BCUT2D eigenvalue weighted by molar-refractivity contribution is 5.66. The van der Waals surface area contributed by atoms with E-state index in [0.717, 1.165) is 24.5 Å². The maximum atomic E-state index is 5.98. The molecule has 2 aromatic rings. The standard InChI is InChI=1S/C15H17N3/c16-14-10-17-8-6-15(14)18-9-7-13(11-18)12-4-2-1-3-5-12/h1-6,8,10,13H,7,9,11,16H2. The summed E-state index contributed by atoms with van der Waals surface area (Å²) < 4.78 is 0. The Morgan fingerprint density at radius 3 is 2.78 bits per heavy atom. The van der Waals surface area contributed by atoms with Crippen molar-refractivity contribution in [1.29, 1.82) is 0 Å². The van der Waals surface area contributed by atoms with Crippen LogP contribution in [0.2, 0.25) is 0 Å². The van der Waals surface area contributed by atoms with Gasteiger partial charge in [0, 0.05) is 25.2 Å². The lowest BCUT2D eigenvalue weighted by atomic mass is 9.99. The van der Waals surface area contributed by atoms with Crippen molar-refractivity contribution < 1.29 is 0 Å². The van der Waals surface area contributed by atoms with Crippen molar-refractivity contribution in [2.24, 2.45) is 0 Å². The van der Waals surface area contributed by atoms with Crippen LogP contribution in [0.4, 0.5) is 11.4 Å². The quantitative estimate of drug-likeness (QED) is 0.876. The minimum absolute atomic E-state index is 0.610. The van der Waals surface area contributed by atoms with Crippen LogP contribution in [0.3, 0.4) is 0 Å². The zero-order chi connectivity index (χ0) is 12.4. The van der Waals surface area contributed by atoms with Crippen molar-refractivity contribution in [2.75, 3.05) is 23.7 Å². The first-order valence-corrected chi connectivity index (χ1v) is 6.34. The lowest BCUT2D eigenvalue weighted by Crippen LogP contribution is -2.20. The molecule has 92 valence electrons. The molecule has 0 bridgehead atoms. The average Bonchev–Trinajstić information content (AvgIpc) is 2.90. The monoisotopic (exact) mass is 239 g/mol. The van der Waals surface area contributed by atoms with Crippen molar-refractivity contribution in [1.82, 2.24) is 4.98 Å². The second-order valence-corrected chi connectivity index (χ2v) is 4.78. The predicted octanol–water partition coefficient (Wildman–Crippen LogP) is 2.66. The first kappa shape index (κ1) is 11.1. The van der Waals surface area contributed by atoms with Gasteiger partial charge in [-0.15, -0.1) is 0 Å². The van der Waals surface area contributed by atoms with Crippen LogP contribution in [-0.2, 0) is 0 Å². The van der Waals surface area contributed by atoms with Gasteiger partial charge >= 0.3 is 0 Å². The minimum atomic E-state index is 0.610. The Hall–Kier alpha value is -2.03. The van der Waals surface area contributed by atoms with E-state index >= 15 is 0 Å². The molecule has 1 fully saturated rings. The van der Waals surface area contributed by atoms with Crippen molar-refractivity contribution in [3.05, 3.63) is 54.4 Å².